The van der Waals surface area contributed by atoms with E-state index in [4.69, 9.17) is 10.5 Å². The minimum Gasteiger partial charge on any atom is -0.486 e. The van der Waals surface area contributed by atoms with Gasteiger partial charge in [-0.1, -0.05) is 13.0 Å². The van der Waals surface area contributed by atoms with Crippen molar-refractivity contribution < 1.29 is 13.9 Å². The monoisotopic (exact) mass is 223 g/mol. The molecule has 2 N–H and O–H groups in total. The van der Waals surface area contributed by atoms with Crippen molar-refractivity contribution in [2.75, 3.05) is 0 Å². The van der Waals surface area contributed by atoms with Gasteiger partial charge in [-0.25, -0.2) is 4.39 Å². The summed E-state index contributed by atoms with van der Waals surface area (Å²) in [5.74, 6) is -1.09. The minimum atomic E-state index is -0.783. The van der Waals surface area contributed by atoms with E-state index in [-0.39, 0.29) is 11.2 Å². The molecule has 0 aromatic heterocycles. The molecule has 86 valence electrons. The van der Waals surface area contributed by atoms with Crippen LogP contribution in [0.25, 0.3) is 0 Å². The van der Waals surface area contributed by atoms with E-state index in [9.17, 15) is 9.18 Å². The van der Waals surface area contributed by atoms with Gasteiger partial charge >= 0.3 is 0 Å². The smallest absolute Gasteiger partial charge is 0.255 e. The van der Waals surface area contributed by atoms with Gasteiger partial charge in [0.05, 0.1) is 0 Å². The van der Waals surface area contributed by atoms with Gasteiger partial charge in [-0.05, 0) is 25.0 Å². The van der Waals surface area contributed by atoms with Gasteiger partial charge in [-0.3, -0.25) is 4.79 Å². The Morgan fingerprint density at radius 3 is 2.88 bits per heavy atom. The second-order valence-electron chi connectivity index (χ2n) is 4.36. The van der Waals surface area contributed by atoms with Crippen LogP contribution in [0.15, 0.2) is 12.1 Å². The minimum absolute atomic E-state index is 0.130. The first-order valence-corrected chi connectivity index (χ1v) is 5.27. The Bertz CT molecular complexity index is 459. The number of halogens is 1. The SMILES string of the molecule is CCC1(C)Cc2ccc(F)c(C(N)=O)c2O1. The molecule has 1 aliphatic rings. The lowest BCUT2D eigenvalue weighted by Gasteiger charge is -2.21. The van der Waals surface area contributed by atoms with Crippen LogP contribution < -0.4 is 10.5 Å². The van der Waals surface area contributed by atoms with Crippen molar-refractivity contribution in [3.63, 3.8) is 0 Å². The molecule has 0 bridgehead atoms. The third kappa shape index (κ3) is 1.54. The maximum Gasteiger partial charge on any atom is 0.255 e. The second-order valence-corrected chi connectivity index (χ2v) is 4.36. The Kier molecular flexibility index (Phi) is 2.37. The molecule has 1 aromatic rings. The Labute approximate surface area is 93.4 Å². The average molecular weight is 223 g/mol. The van der Waals surface area contributed by atoms with Gasteiger partial charge in [0.15, 0.2) is 0 Å². The number of rotatable bonds is 2. The predicted molar refractivity (Wildman–Crippen MR) is 57.9 cm³/mol. The molecular weight excluding hydrogens is 209 g/mol. The molecule has 0 fully saturated rings. The highest BCUT2D eigenvalue weighted by atomic mass is 19.1. The summed E-state index contributed by atoms with van der Waals surface area (Å²) in [7, 11) is 0. The first kappa shape index (κ1) is 10.9. The van der Waals surface area contributed by atoms with E-state index in [1.54, 1.807) is 6.07 Å². The van der Waals surface area contributed by atoms with Crippen LogP contribution in [0.3, 0.4) is 0 Å². The quantitative estimate of drug-likeness (QED) is 0.834. The van der Waals surface area contributed by atoms with E-state index in [1.807, 2.05) is 13.8 Å². The number of ether oxygens (including phenoxy) is 1. The van der Waals surface area contributed by atoms with Crippen LogP contribution in [0.4, 0.5) is 4.39 Å². The molecule has 1 heterocycles. The summed E-state index contributed by atoms with van der Waals surface area (Å²) in [6, 6.07) is 2.92. The fourth-order valence-corrected chi connectivity index (χ4v) is 1.97. The van der Waals surface area contributed by atoms with Crippen LogP contribution in [0.1, 0.15) is 36.2 Å². The summed E-state index contributed by atoms with van der Waals surface area (Å²) in [4.78, 5) is 11.2. The lowest BCUT2D eigenvalue weighted by molar-refractivity contribution is 0.0957. The third-order valence-electron chi connectivity index (χ3n) is 3.10. The van der Waals surface area contributed by atoms with E-state index in [0.29, 0.717) is 12.2 Å². The summed E-state index contributed by atoms with van der Waals surface area (Å²) >= 11 is 0. The highest BCUT2D eigenvalue weighted by Crippen LogP contribution is 2.40. The molecule has 16 heavy (non-hydrogen) atoms. The largest absolute Gasteiger partial charge is 0.486 e. The highest BCUT2D eigenvalue weighted by molar-refractivity contribution is 5.96. The third-order valence-corrected chi connectivity index (χ3v) is 3.10. The number of hydrogen-bond donors (Lipinski definition) is 1. The topological polar surface area (TPSA) is 52.3 Å². The summed E-state index contributed by atoms with van der Waals surface area (Å²) in [5.41, 5.74) is 5.51. The van der Waals surface area contributed by atoms with E-state index in [1.165, 1.54) is 6.07 Å². The fraction of sp³-hybridized carbons (Fsp3) is 0.417. The van der Waals surface area contributed by atoms with Crippen molar-refractivity contribution in [1.82, 2.24) is 0 Å². The summed E-state index contributed by atoms with van der Waals surface area (Å²) < 4.78 is 19.1. The lowest BCUT2D eigenvalue weighted by atomic mass is 9.96. The average Bonchev–Trinajstić information content (AvgIpc) is 2.54. The van der Waals surface area contributed by atoms with Gasteiger partial charge in [0, 0.05) is 6.42 Å². The van der Waals surface area contributed by atoms with Gasteiger partial charge < -0.3 is 10.5 Å². The molecule has 4 heteroatoms. The number of carbonyl (C=O) groups excluding carboxylic acids is 1. The Morgan fingerprint density at radius 1 is 1.62 bits per heavy atom. The van der Waals surface area contributed by atoms with Gasteiger partial charge in [0.2, 0.25) is 0 Å². The maximum atomic E-state index is 13.5. The molecular formula is C12H14FNO2. The van der Waals surface area contributed by atoms with E-state index in [0.717, 1.165) is 12.0 Å². The van der Waals surface area contributed by atoms with Crippen LogP contribution in [-0.2, 0) is 6.42 Å². The first-order valence-electron chi connectivity index (χ1n) is 5.27. The molecule has 0 aliphatic carbocycles. The van der Waals surface area contributed by atoms with Crippen molar-refractivity contribution in [2.45, 2.75) is 32.3 Å². The summed E-state index contributed by atoms with van der Waals surface area (Å²) in [5, 5.41) is 0. The van der Waals surface area contributed by atoms with Gasteiger partial charge in [0.25, 0.3) is 5.91 Å². The van der Waals surface area contributed by atoms with Crippen molar-refractivity contribution in [3.05, 3.63) is 29.1 Å². The summed E-state index contributed by atoms with van der Waals surface area (Å²) in [6.45, 7) is 3.93. The van der Waals surface area contributed by atoms with Crippen LogP contribution in [-0.4, -0.2) is 11.5 Å². The molecule has 1 aliphatic heterocycles. The molecule has 1 amide bonds. The molecule has 0 radical (unpaired) electrons. The molecule has 1 aromatic carbocycles. The van der Waals surface area contributed by atoms with Crippen LogP contribution in [0.2, 0.25) is 0 Å². The molecule has 0 saturated heterocycles. The maximum absolute atomic E-state index is 13.5. The molecule has 2 rings (SSSR count). The number of nitrogens with two attached hydrogens (primary N) is 1. The van der Waals surface area contributed by atoms with Gasteiger partial charge in [-0.15, -0.1) is 0 Å². The highest BCUT2D eigenvalue weighted by Gasteiger charge is 2.36. The zero-order valence-corrected chi connectivity index (χ0v) is 9.34. The van der Waals surface area contributed by atoms with Crippen molar-refractivity contribution in [3.8, 4) is 5.75 Å². The van der Waals surface area contributed by atoms with E-state index >= 15 is 0 Å². The number of carbonyl (C=O) groups is 1. The fourth-order valence-electron chi connectivity index (χ4n) is 1.97. The van der Waals surface area contributed by atoms with Crippen LogP contribution in [0, 0.1) is 5.82 Å². The van der Waals surface area contributed by atoms with Crippen LogP contribution >= 0.6 is 0 Å². The number of hydrogen-bond acceptors (Lipinski definition) is 2. The summed E-state index contributed by atoms with van der Waals surface area (Å²) in [6.07, 6.45) is 1.47. The first-order chi connectivity index (χ1) is 7.47. The van der Waals surface area contributed by atoms with Crippen molar-refractivity contribution in [1.29, 1.82) is 0 Å². The Morgan fingerprint density at radius 2 is 2.31 bits per heavy atom. The Balaban J connectivity index is 2.54. The van der Waals surface area contributed by atoms with Crippen molar-refractivity contribution >= 4 is 5.91 Å². The lowest BCUT2D eigenvalue weighted by Crippen LogP contribution is -2.29. The molecule has 1 unspecified atom stereocenters. The van der Waals surface area contributed by atoms with E-state index in [2.05, 4.69) is 0 Å². The molecule has 1 atom stereocenters. The normalized spacial score (nSPS) is 22.7. The number of primary amides is 1. The Hall–Kier alpha value is -1.58. The second kappa shape index (κ2) is 3.47. The van der Waals surface area contributed by atoms with E-state index < -0.39 is 11.7 Å². The molecule has 0 saturated carbocycles. The predicted octanol–water partition coefficient (Wildman–Crippen LogP) is 2.03. The molecule has 3 nitrogen and oxygen atoms in total. The standard InChI is InChI=1S/C12H14FNO2/c1-3-12(2)6-7-4-5-8(13)9(11(14)15)10(7)16-12/h4-5H,3,6H2,1-2H3,(H2,14,15). The number of fused-ring (bicyclic) bond motifs is 1. The molecule has 0 spiro atoms. The van der Waals surface area contributed by atoms with Crippen molar-refractivity contribution in [2.24, 2.45) is 5.73 Å². The van der Waals surface area contributed by atoms with Crippen LogP contribution in [0.5, 0.6) is 5.75 Å². The number of amides is 1. The zero-order valence-electron chi connectivity index (χ0n) is 9.34. The zero-order chi connectivity index (χ0) is 11.9. The van der Waals surface area contributed by atoms with Gasteiger partial charge in [0.1, 0.15) is 22.7 Å². The van der Waals surface area contributed by atoms with Gasteiger partial charge in [-0.2, -0.15) is 0 Å². The number of benzene rings is 1.